The van der Waals surface area contributed by atoms with Crippen LogP contribution in [0.1, 0.15) is 12.8 Å². The van der Waals surface area contributed by atoms with Crippen molar-refractivity contribution >= 4 is 31.7 Å². The first kappa shape index (κ1) is 16.4. The molecule has 0 radical (unpaired) electrons. The molecule has 0 nitrogen and oxygen atoms in total. The minimum atomic E-state index is -2.27. The summed E-state index contributed by atoms with van der Waals surface area (Å²) in [6.07, 6.45) is 15.9. The van der Waals surface area contributed by atoms with E-state index in [-0.39, 0.29) is 24.8 Å². The molecule has 0 aromatic rings. The van der Waals surface area contributed by atoms with Gasteiger partial charge in [-0.15, -0.1) is 24.8 Å². The SMILES string of the molecule is C=[CH][Zr](=[SiH2])([C]1=CC=CC1)[C]1=CC=CC1.Cl.Cl. The summed E-state index contributed by atoms with van der Waals surface area (Å²) in [5, 5.41) is 0. The van der Waals surface area contributed by atoms with Gasteiger partial charge >= 0.3 is 92.0 Å². The van der Waals surface area contributed by atoms with Gasteiger partial charge in [-0.3, -0.25) is 0 Å². The van der Waals surface area contributed by atoms with E-state index in [1.165, 1.54) is 12.8 Å². The monoisotopic (exact) mass is 349 g/mol. The number of halogens is 2. The maximum atomic E-state index is 4.08. The smallest absolute Gasteiger partial charge is 0.147 e. The van der Waals surface area contributed by atoms with Crippen molar-refractivity contribution in [1.29, 1.82) is 0 Å². The van der Waals surface area contributed by atoms with Gasteiger partial charge in [0.25, 0.3) is 0 Å². The summed E-state index contributed by atoms with van der Waals surface area (Å²) in [7, 11) is 0. The van der Waals surface area contributed by atoms with E-state index in [1.807, 2.05) is 0 Å². The molecule has 0 N–H and O–H groups in total. The van der Waals surface area contributed by atoms with Gasteiger partial charge in [0, 0.05) is 0 Å². The Hall–Kier alpha value is 0.380. The molecule has 2 aliphatic carbocycles. The van der Waals surface area contributed by atoms with E-state index < -0.39 is 18.9 Å². The molecule has 0 saturated carbocycles. The quantitative estimate of drug-likeness (QED) is 0.684. The summed E-state index contributed by atoms with van der Waals surface area (Å²) in [5.41, 5.74) is 0. The van der Waals surface area contributed by atoms with E-state index in [0.29, 0.717) is 0 Å². The summed E-state index contributed by atoms with van der Waals surface area (Å²) in [4.78, 5) is 0. The van der Waals surface area contributed by atoms with Gasteiger partial charge in [-0.05, 0) is 0 Å². The Morgan fingerprint density at radius 1 is 1.06 bits per heavy atom. The third kappa shape index (κ3) is 2.98. The van der Waals surface area contributed by atoms with Crippen molar-refractivity contribution in [1.82, 2.24) is 0 Å². The molecule has 0 heterocycles. The molecule has 0 bridgehead atoms. The molecular weight excluding hydrogens is 334 g/mol. The fraction of sp³-hybridized carbons (Fsp3) is 0.167. The standard InChI is InChI=1S/2C5H5.C2H3.2ClH.H2Si.Zr/c2*1-2-4-5-3-1;1-2;;;;/h2*1-3H,4H2;1H,2H2;2*1H;1H2;. The molecule has 0 saturated heterocycles. The first-order chi connectivity index (χ1) is 6.77. The Labute approximate surface area is 116 Å². The van der Waals surface area contributed by atoms with Gasteiger partial charge in [0.05, 0.1) is 0 Å². The predicted octanol–water partition coefficient (Wildman–Crippen LogP) is 3.36. The fourth-order valence-corrected chi connectivity index (χ4v) is 11.7. The Morgan fingerprint density at radius 3 is 1.75 bits per heavy atom. The second-order valence-corrected chi connectivity index (χ2v) is 19.4. The topological polar surface area (TPSA) is 0 Å². The van der Waals surface area contributed by atoms with Gasteiger partial charge < -0.3 is 0 Å². The van der Waals surface area contributed by atoms with Gasteiger partial charge in [-0.25, -0.2) is 0 Å². The summed E-state index contributed by atoms with van der Waals surface area (Å²) in [5.74, 6) is 0. The van der Waals surface area contributed by atoms with E-state index >= 15 is 0 Å². The third-order valence-corrected chi connectivity index (χ3v) is 19.3. The normalized spacial score (nSPS) is 17.2. The van der Waals surface area contributed by atoms with Gasteiger partial charge in [0.1, 0.15) is 0 Å². The van der Waals surface area contributed by atoms with Crippen LogP contribution in [0.2, 0.25) is 0 Å². The number of allylic oxidation sites excluding steroid dienone is 8. The molecule has 0 amide bonds. The van der Waals surface area contributed by atoms with Crippen LogP contribution in [0.25, 0.3) is 0 Å². The van der Waals surface area contributed by atoms with Crippen LogP contribution in [0.15, 0.2) is 53.4 Å². The molecule has 87 valence electrons. The Balaban J connectivity index is 0.00000112. The molecule has 2 rings (SSSR count). The van der Waals surface area contributed by atoms with Crippen LogP contribution in [-0.4, -0.2) is 6.88 Å². The van der Waals surface area contributed by atoms with E-state index in [1.54, 1.807) is 6.56 Å². The molecule has 16 heavy (non-hydrogen) atoms. The van der Waals surface area contributed by atoms with E-state index in [0.717, 1.165) is 0 Å². The Morgan fingerprint density at radius 2 is 1.50 bits per heavy atom. The van der Waals surface area contributed by atoms with E-state index in [4.69, 9.17) is 0 Å². The number of rotatable bonds is 3. The van der Waals surface area contributed by atoms with Gasteiger partial charge in [0.15, 0.2) is 0 Å². The molecule has 2 aliphatic rings. The molecule has 0 unspecified atom stereocenters. The number of hydrogen-bond donors (Lipinski definition) is 0. The van der Waals surface area contributed by atoms with Crippen LogP contribution in [-0.2, 0) is 18.9 Å². The van der Waals surface area contributed by atoms with Crippen molar-refractivity contribution in [3.8, 4) is 0 Å². The average Bonchev–Trinajstić information content (AvgIpc) is 2.88. The third-order valence-electron chi connectivity index (χ3n) is 3.04. The van der Waals surface area contributed by atoms with Crippen LogP contribution in [0.4, 0.5) is 0 Å². The van der Waals surface area contributed by atoms with Gasteiger partial charge in [0.2, 0.25) is 0 Å². The van der Waals surface area contributed by atoms with Gasteiger partial charge in [-0.2, -0.15) is 0 Å². The minimum Gasteiger partial charge on any atom is -0.147 e. The van der Waals surface area contributed by atoms with Crippen LogP contribution < -0.4 is 0 Å². The zero-order valence-electron chi connectivity index (χ0n) is 9.19. The maximum absolute atomic E-state index is 4.08. The minimum absolute atomic E-state index is 0. The first-order valence-corrected chi connectivity index (χ1v) is 14.8. The zero-order valence-corrected chi connectivity index (χ0v) is 14.7. The maximum Gasteiger partial charge on any atom is -0.147 e. The largest absolute Gasteiger partial charge is 0.147 e. The van der Waals surface area contributed by atoms with Crippen LogP contribution in [0.5, 0.6) is 0 Å². The van der Waals surface area contributed by atoms with Crippen molar-refractivity contribution in [2.24, 2.45) is 0 Å². The van der Waals surface area contributed by atoms with Crippen molar-refractivity contribution in [3.63, 3.8) is 0 Å². The summed E-state index contributed by atoms with van der Waals surface area (Å²) in [6.45, 7) is 6.33. The molecule has 0 atom stereocenters. The van der Waals surface area contributed by atoms with Crippen LogP contribution >= 0.6 is 24.8 Å². The van der Waals surface area contributed by atoms with Crippen molar-refractivity contribution < 1.29 is 18.9 Å². The van der Waals surface area contributed by atoms with Crippen molar-refractivity contribution in [3.05, 3.63) is 53.4 Å². The van der Waals surface area contributed by atoms with Crippen molar-refractivity contribution in [2.45, 2.75) is 12.8 Å². The van der Waals surface area contributed by atoms with Crippen molar-refractivity contribution in [2.75, 3.05) is 0 Å². The van der Waals surface area contributed by atoms with Crippen LogP contribution in [0, 0.1) is 0 Å². The molecule has 0 aromatic heterocycles. The molecule has 0 fully saturated rings. The van der Waals surface area contributed by atoms with E-state index in [9.17, 15) is 0 Å². The fourth-order valence-electron chi connectivity index (χ4n) is 2.02. The summed E-state index contributed by atoms with van der Waals surface area (Å²) >= 11 is -2.27. The summed E-state index contributed by atoms with van der Waals surface area (Å²) in [6, 6.07) is 0. The molecular formula is C12H17Cl2SiZr. The van der Waals surface area contributed by atoms with Gasteiger partial charge in [-0.1, -0.05) is 0 Å². The molecule has 0 aliphatic heterocycles. The Kier molecular flexibility index (Phi) is 7.12. The second-order valence-electron chi connectivity index (χ2n) is 3.82. The molecule has 0 spiro atoms. The molecule has 4 heteroatoms. The Bertz CT molecular complexity index is 396. The molecule has 0 aromatic carbocycles. The predicted molar refractivity (Wildman–Crippen MR) is 76.9 cm³/mol. The van der Waals surface area contributed by atoms with E-state index in [2.05, 4.69) is 53.7 Å². The van der Waals surface area contributed by atoms with Crippen LogP contribution in [0.3, 0.4) is 0 Å². The summed E-state index contributed by atoms with van der Waals surface area (Å²) < 4.78 is 5.66. The number of hydrogen-bond acceptors (Lipinski definition) is 0. The average molecular weight is 351 g/mol. The second kappa shape index (κ2) is 6.96. The first-order valence-electron chi connectivity index (χ1n) is 4.98. The zero-order chi connectivity index (χ0) is 10.0.